The largest absolute Gasteiger partial charge is 0.378 e. The topological polar surface area (TPSA) is 57.2 Å². The second-order valence-electron chi connectivity index (χ2n) is 7.08. The minimum Gasteiger partial charge on any atom is -0.378 e. The summed E-state index contributed by atoms with van der Waals surface area (Å²) in [6.07, 6.45) is 4.20. The molecule has 144 valence electrons. The van der Waals surface area contributed by atoms with Crippen LogP contribution in [0.3, 0.4) is 0 Å². The van der Waals surface area contributed by atoms with Gasteiger partial charge in [0.1, 0.15) is 0 Å². The molecule has 0 bridgehead atoms. The van der Waals surface area contributed by atoms with E-state index in [1.54, 1.807) is 0 Å². The summed E-state index contributed by atoms with van der Waals surface area (Å²) in [5.41, 5.74) is 0. The van der Waals surface area contributed by atoms with Crippen LogP contribution in [0.5, 0.6) is 0 Å². The van der Waals surface area contributed by atoms with E-state index in [-0.39, 0.29) is 5.92 Å². The van der Waals surface area contributed by atoms with Gasteiger partial charge in [-0.15, -0.1) is 0 Å². The van der Waals surface area contributed by atoms with E-state index in [9.17, 15) is 4.79 Å². The zero-order valence-corrected chi connectivity index (χ0v) is 16.3. The van der Waals surface area contributed by atoms with E-state index in [0.29, 0.717) is 25.0 Å². The number of hydrogen-bond donors (Lipinski definition) is 1. The van der Waals surface area contributed by atoms with E-state index in [4.69, 9.17) is 9.73 Å². The number of likely N-dealkylation sites (tertiary alicyclic amines) is 1. The standard InChI is InChI=1S/C19H36N4O2/c1-4-16(5-2)15-21-19(20-6-3)23-9-7-17(8-10-23)18(24)22-11-13-25-14-12-22/h16-17H,4-15H2,1-3H3,(H,20,21). The van der Waals surface area contributed by atoms with Crippen molar-refractivity contribution in [2.75, 3.05) is 52.5 Å². The molecule has 2 fully saturated rings. The van der Waals surface area contributed by atoms with Crippen molar-refractivity contribution in [1.29, 1.82) is 0 Å². The number of rotatable bonds is 6. The zero-order valence-electron chi connectivity index (χ0n) is 16.3. The maximum Gasteiger partial charge on any atom is 0.225 e. The number of ether oxygens (including phenoxy) is 1. The Balaban J connectivity index is 1.87. The van der Waals surface area contributed by atoms with Crippen LogP contribution in [0.2, 0.25) is 0 Å². The molecular weight excluding hydrogens is 316 g/mol. The summed E-state index contributed by atoms with van der Waals surface area (Å²) in [6.45, 7) is 13.0. The molecule has 1 N–H and O–H groups in total. The molecular formula is C19H36N4O2. The minimum atomic E-state index is 0.163. The summed E-state index contributed by atoms with van der Waals surface area (Å²) in [7, 11) is 0. The maximum absolute atomic E-state index is 12.7. The molecule has 2 aliphatic heterocycles. The van der Waals surface area contributed by atoms with Crippen LogP contribution in [0.15, 0.2) is 4.99 Å². The Bertz CT molecular complexity index is 423. The summed E-state index contributed by atoms with van der Waals surface area (Å²) in [6, 6.07) is 0. The fraction of sp³-hybridized carbons (Fsp3) is 0.895. The van der Waals surface area contributed by atoms with Gasteiger partial charge >= 0.3 is 0 Å². The molecule has 0 aromatic carbocycles. The van der Waals surface area contributed by atoms with Gasteiger partial charge in [0.05, 0.1) is 13.2 Å². The summed E-state index contributed by atoms with van der Waals surface area (Å²) in [5.74, 6) is 2.17. The van der Waals surface area contributed by atoms with Crippen molar-refractivity contribution in [3.63, 3.8) is 0 Å². The fourth-order valence-electron chi connectivity index (χ4n) is 3.57. The Kier molecular flexibility index (Phi) is 8.52. The number of carbonyl (C=O) groups is 1. The van der Waals surface area contributed by atoms with Crippen molar-refractivity contribution in [1.82, 2.24) is 15.1 Å². The first-order valence-corrected chi connectivity index (χ1v) is 10.1. The molecule has 2 saturated heterocycles. The highest BCUT2D eigenvalue weighted by Gasteiger charge is 2.30. The Morgan fingerprint density at radius 2 is 1.72 bits per heavy atom. The highest BCUT2D eigenvalue weighted by Crippen LogP contribution is 2.20. The van der Waals surface area contributed by atoms with Crippen molar-refractivity contribution in [3.8, 4) is 0 Å². The van der Waals surface area contributed by atoms with Crippen LogP contribution in [0.1, 0.15) is 46.5 Å². The number of nitrogens with zero attached hydrogens (tertiary/aromatic N) is 3. The fourth-order valence-corrected chi connectivity index (χ4v) is 3.57. The molecule has 0 radical (unpaired) electrons. The molecule has 25 heavy (non-hydrogen) atoms. The van der Waals surface area contributed by atoms with Gasteiger partial charge in [-0.1, -0.05) is 26.7 Å². The van der Waals surface area contributed by atoms with E-state index in [2.05, 4.69) is 31.0 Å². The Morgan fingerprint density at radius 3 is 2.28 bits per heavy atom. The summed E-state index contributed by atoms with van der Waals surface area (Å²) >= 11 is 0. The number of carbonyl (C=O) groups excluding carboxylic acids is 1. The molecule has 0 aliphatic carbocycles. The lowest BCUT2D eigenvalue weighted by Crippen LogP contribution is -2.50. The summed E-state index contributed by atoms with van der Waals surface area (Å²) in [5, 5.41) is 3.43. The number of piperidine rings is 1. The van der Waals surface area contributed by atoms with Gasteiger partial charge in [-0.05, 0) is 25.7 Å². The smallest absolute Gasteiger partial charge is 0.225 e. The normalized spacial score (nSPS) is 20.2. The SMILES string of the molecule is CCNC(=NCC(CC)CC)N1CCC(C(=O)N2CCOCC2)CC1. The molecule has 0 saturated carbocycles. The molecule has 2 aliphatic rings. The van der Waals surface area contributed by atoms with Crippen LogP contribution in [-0.2, 0) is 9.53 Å². The van der Waals surface area contributed by atoms with Crippen molar-refractivity contribution in [2.45, 2.75) is 46.5 Å². The van der Waals surface area contributed by atoms with Gasteiger partial charge in [-0.2, -0.15) is 0 Å². The quantitative estimate of drug-likeness (QED) is 0.586. The van der Waals surface area contributed by atoms with E-state index < -0.39 is 0 Å². The van der Waals surface area contributed by atoms with Gasteiger partial charge < -0.3 is 19.9 Å². The van der Waals surface area contributed by atoms with E-state index in [0.717, 1.165) is 58.1 Å². The Labute approximate surface area is 153 Å². The number of aliphatic imine (C=N–C) groups is 1. The molecule has 0 spiro atoms. The predicted molar refractivity (Wildman–Crippen MR) is 102 cm³/mol. The third-order valence-corrected chi connectivity index (χ3v) is 5.46. The molecule has 6 nitrogen and oxygen atoms in total. The van der Waals surface area contributed by atoms with Crippen molar-refractivity contribution in [2.24, 2.45) is 16.8 Å². The average Bonchev–Trinajstić information content (AvgIpc) is 2.68. The maximum atomic E-state index is 12.7. The second-order valence-corrected chi connectivity index (χ2v) is 7.08. The van der Waals surface area contributed by atoms with Gasteiger partial charge in [-0.3, -0.25) is 9.79 Å². The average molecular weight is 353 g/mol. The molecule has 0 aromatic rings. The van der Waals surface area contributed by atoms with E-state index >= 15 is 0 Å². The lowest BCUT2D eigenvalue weighted by molar-refractivity contribution is -0.140. The number of nitrogens with one attached hydrogen (secondary N) is 1. The second kappa shape index (κ2) is 10.6. The van der Waals surface area contributed by atoms with Crippen LogP contribution in [0.4, 0.5) is 0 Å². The van der Waals surface area contributed by atoms with Crippen LogP contribution in [-0.4, -0.2) is 74.1 Å². The lowest BCUT2D eigenvalue weighted by Gasteiger charge is -2.36. The number of morpholine rings is 1. The monoisotopic (exact) mass is 352 g/mol. The molecule has 0 atom stereocenters. The van der Waals surface area contributed by atoms with Crippen LogP contribution < -0.4 is 5.32 Å². The first-order valence-electron chi connectivity index (χ1n) is 10.1. The third-order valence-electron chi connectivity index (χ3n) is 5.46. The van der Waals surface area contributed by atoms with Gasteiger partial charge in [0, 0.05) is 45.2 Å². The Morgan fingerprint density at radius 1 is 1.08 bits per heavy atom. The lowest BCUT2D eigenvalue weighted by atomic mass is 9.95. The highest BCUT2D eigenvalue weighted by atomic mass is 16.5. The van der Waals surface area contributed by atoms with Crippen LogP contribution in [0, 0.1) is 11.8 Å². The molecule has 2 rings (SSSR count). The Hall–Kier alpha value is -1.30. The highest BCUT2D eigenvalue weighted by molar-refractivity contribution is 5.81. The third kappa shape index (κ3) is 5.87. The molecule has 2 heterocycles. The van der Waals surface area contributed by atoms with Gasteiger partial charge in [-0.25, -0.2) is 0 Å². The molecule has 1 amide bonds. The van der Waals surface area contributed by atoms with Crippen molar-refractivity contribution >= 4 is 11.9 Å². The van der Waals surface area contributed by atoms with Crippen LogP contribution >= 0.6 is 0 Å². The summed E-state index contributed by atoms with van der Waals surface area (Å²) in [4.78, 5) is 21.8. The number of amides is 1. The van der Waals surface area contributed by atoms with Crippen molar-refractivity contribution in [3.05, 3.63) is 0 Å². The predicted octanol–water partition coefficient (Wildman–Crippen LogP) is 1.96. The molecule has 0 aromatic heterocycles. The first-order chi connectivity index (χ1) is 12.2. The van der Waals surface area contributed by atoms with Gasteiger partial charge in [0.25, 0.3) is 0 Å². The van der Waals surface area contributed by atoms with Gasteiger partial charge in [0.15, 0.2) is 5.96 Å². The van der Waals surface area contributed by atoms with Crippen molar-refractivity contribution < 1.29 is 9.53 Å². The first kappa shape index (κ1) is 20.0. The van der Waals surface area contributed by atoms with Gasteiger partial charge in [0.2, 0.25) is 5.91 Å². The molecule has 6 heteroatoms. The minimum absolute atomic E-state index is 0.163. The molecule has 0 unspecified atom stereocenters. The van der Waals surface area contributed by atoms with E-state index in [1.165, 1.54) is 12.8 Å². The summed E-state index contributed by atoms with van der Waals surface area (Å²) < 4.78 is 5.35. The zero-order chi connectivity index (χ0) is 18.1. The number of hydrogen-bond acceptors (Lipinski definition) is 3. The number of guanidine groups is 1. The van der Waals surface area contributed by atoms with Crippen LogP contribution in [0.25, 0.3) is 0 Å². The van der Waals surface area contributed by atoms with E-state index in [1.807, 2.05) is 4.90 Å².